The standard InChI is InChI=1S/C13H13BrFN3O/c1-8(18-13-16-6-10(14)7-17-13)12(19)9-2-4-11(15)5-3-9/h2-8,12,19H,1H3,(H,16,17,18)/t8-,12+/m1/s1. The summed E-state index contributed by atoms with van der Waals surface area (Å²) in [6.07, 6.45) is 2.46. The van der Waals surface area contributed by atoms with Crippen molar-refractivity contribution >= 4 is 21.9 Å². The molecule has 19 heavy (non-hydrogen) atoms. The van der Waals surface area contributed by atoms with Gasteiger partial charge in [-0.2, -0.15) is 0 Å². The number of anilines is 1. The van der Waals surface area contributed by atoms with Crippen LogP contribution in [0.2, 0.25) is 0 Å². The van der Waals surface area contributed by atoms with Crippen molar-refractivity contribution in [2.45, 2.75) is 19.1 Å². The van der Waals surface area contributed by atoms with Crippen LogP contribution in [0.4, 0.5) is 10.3 Å². The minimum atomic E-state index is -0.771. The summed E-state index contributed by atoms with van der Waals surface area (Å²) in [5, 5.41) is 13.1. The highest BCUT2D eigenvalue weighted by atomic mass is 79.9. The van der Waals surface area contributed by atoms with E-state index < -0.39 is 6.10 Å². The summed E-state index contributed by atoms with van der Waals surface area (Å²) < 4.78 is 13.6. The van der Waals surface area contributed by atoms with Gasteiger partial charge in [-0.25, -0.2) is 14.4 Å². The Labute approximate surface area is 118 Å². The molecule has 0 saturated heterocycles. The molecule has 1 aromatic carbocycles. The predicted molar refractivity (Wildman–Crippen MR) is 74.2 cm³/mol. The number of aliphatic hydroxyl groups is 1. The Kier molecular flexibility index (Phi) is 4.44. The number of aromatic nitrogens is 2. The molecule has 0 aliphatic rings. The van der Waals surface area contributed by atoms with Gasteiger partial charge in [-0.1, -0.05) is 12.1 Å². The lowest BCUT2D eigenvalue weighted by Gasteiger charge is -2.20. The van der Waals surface area contributed by atoms with Crippen molar-refractivity contribution in [3.8, 4) is 0 Å². The highest BCUT2D eigenvalue weighted by Gasteiger charge is 2.17. The van der Waals surface area contributed by atoms with Gasteiger partial charge < -0.3 is 10.4 Å². The molecule has 0 spiro atoms. The van der Waals surface area contributed by atoms with Gasteiger partial charge in [-0.15, -0.1) is 0 Å². The molecule has 0 amide bonds. The van der Waals surface area contributed by atoms with Gasteiger partial charge in [0, 0.05) is 12.4 Å². The number of hydrogen-bond acceptors (Lipinski definition) is 4. The summed E-state index contributed by atoms with van der Waals surface area (Å²) in [7, 11) is 0. The molecular formula is C13H13BrFN3O. The summed E-state index contributed by atoms with van der Waals surface area (Å²) in [5.74, 6) is 0.102. The van der Waals surface area contributed by atoms with E-state index >= 15 is 0 Å². The molecule has 6 heteroatoms. The largest absolute Gasteiger partial charge is 0.386 e. The van der Waals surface area contributed by atoms with E-state index in [9.17, 15) is 9.50 Å². The average molecular weight is 326 g/mol. The molecule has 0 radical (unpaired) electrons. The van der Waals surface area contributed by atoms with E-state index in [1.807, 2.05) is 0 Å². The smallest absolute Gasteiger partial charge is 0.222 e. The molecule has 0 unspecified atom stereocenters. The number of nitrogens with zero attached hydrogens (tertiary/aromatic N) is 2. The number of rotatable bonds is 4. The third kappa shape index (κ3) is 3.71. The van der Waals surface area contributed by atoms with Gasteiger partial charge in [0.05, 0.1) is 16.6 Å². The van der Waals surface area contributed by atoms with E-state index in [2.05, 4.69) is 31.2 Å². The maximum atomic E-state index is 12.8. The predicted octanol–water partition coefficient (Wildman–Crippen LogP) is 2.91. The minimum absolute atomic E-state index is 0.299. The second kappa shape index (κ2) is 6.08. The molecule has 0 aliphatic heterocycles. The molecule has 2 aromatic rings. The van der Waals surface area contributed by atoms with Gasteiger partial charge in [0.15, 0.2) is 0 Å². The first-order valence-corrected chi connectivity index (χ1v) is 6.53. The molecule has 0 fully saturated rings. The molecule has 1 heterocycles. The highest BCUT2D eigenvalue weighted by molar-refractivity contribution is 9.10. The Morgan fingerprint density at radius 3 is 2.37 bits per heavy atom. The van der Waals surface area contributed by atoms with Crippen molar-refractivity contribution in [2.24, 2.45) is 0 Å². The van der Waals surface area contributed by atoms with Crippen LogP contribution < -0.4 is 5.32 Å². The van der Waals surface area contributed by atoms with E-state index in [0.717, 1.165) is 4.47 Å². The van der Waals surface area contributed by atoms with Crippen LogP contribution in [0.1, 0.15) is 18.6 Å². The second-order valence-corrected chi connectivity index (χ2v) is 5.07. The monoisotopic (exact) mass is 325 g/mol. The summed E-state index contributed by atoms with van der Waals surface area (Å²) in [4.78, 5) is 8.14. The Morgan fingerprint density at radius 2 is 1.79 bits per heavy atom. The SMILES string of the molecule is C[C@@H](Nc1ncc(Br)cn1)[C@H](O)c1ccc(F)cc1. The van der Waals surface area contributed by atoms with Crippen LogP contribution >= 0.6 is 15.9 Å². The van der Waals surface area contributed by atoms with Crippen LogP contribution in [-0.2, 0) is 0 Å². The first kappa shape index (κ1) is 13.9. The molecule has 0 saturated carbocycles. The Hall–Kier alpha value is -1.53. The average Bonchev–Trinajstić information content (AvgIpc) is 2.41. The zero-order chi connectivity index (χ0) is 13.8. The molecule has 0 bridgehead atoms. The molecule has 2 atom stereocenters. The fourth-order valence-electron chi connectivity index (χ4n) is 1.62. The van der Waals surface area contributed by atoms with Gasteiger partial charge in [0.25, 0.3) is 0 Å². The lowest BCUT2D eigenvalue weighted by atomic mass is 10.0. The van der Waals surface area contributed by atoms with Gasteiger partial charge in [-0.3, -0.25) is 0 Å². The van der Waals surface area contributed by atoms with E-state index in [0.29, 0.717) is 11.5 Å². The number of hydrogen-bond donors (Lipinski definition) is 2. The first-order chi connectivity index (χ1) is 9.06. The fourth-order valence-corrected chi connectivity index (χ4v) is 1.82. The van der Waals surface area contributed by atoms with Crippen molar-refractivity contribution in [2.75, 3.05) is 5.32 Å². The number of halogens is 2. The van der Waals surface area contributed by atoms with Gasteiger partial charge in [-0.05, 0) is 40.5 Å². The van der Waals surface area contributed by atoms with Crippen LogP contribution in [0.15, 0.2) is 41.1 Å². The Morgan fingerprint density at radius 1 is 1.21 bits per heavy atom. The molecule has 1 aromatic heterocycles. The quantitative estimate of drug-likeness (QED) is 0.907. The molecule has 100 valence electrons. The lowest BCUT2D eigenvalue weighted by Crippen LogP contribution is -2.25. The fraction of sp³-hybridized carbons (Fsp3) is 0.231. The summed E-state index contributed by atoms with van der Waals surface area (Å²) >= 11 is 3.25. The zero-order valence-corrected chi connectivity index (χ0v) is 11.8. The molecule has 2 rings (SSSR count). The maximum Gasteiger partial charge on any atom is 0.222 e. The lowest BCUT2D eigenvalue weighted by molar-refractivity contribution is 0.160. The molecule has 0 aliphatic carbocycles. The van der Waals surface area contributed by atoms with E-state index in [1.165, 1.54) is 12.1 Å². The van der Waals surface area contributed by atoms with Crippen LogP contribution in [0, 0.1) is 5.82 Å². The number of nitrogens with one attached hydrogen (secondary N) is 1. The van der Waals surface area contributed by atoms with Crippen molar-refractivity contribution < 1.29 is 9.50 Å². The van der Waals surface area contributed by atoms with Crippen LogP contribution in [0.5, 0.6) is 0 Å². The van der Waals surface area contributed by atoms with Crippen molar-refractivity contribution in [3.05, 3.63) is 52.5 Å². The Bertz CT molecular complexity index is 533. The van der Waals surface area contributed by atoms with Crippen LogP contribution in [-0.4, -0.2) is 21.1 Å². The number of aliphatic hydroxyl groups excluding tert-OH is 1. The zero-order valence-electron chi connectivity index (χ0n) is 10.2. The van der Waals surface area contributed by atoms with Crippen molar-refractivity contribution in [3.63, 3.8) is 0 Å². The van der Waals surface area contributed by atoms with Crippen LogP contribution in [0.25, 0.3) is 0 Å². The van der Waals surface area contributed by atoms with E-state index in [1.54, 1.807) is 31.5 Å². The van der Waals surface area contributed by atoms with Gasteiger partial charge in [0.2, 0.25) is 5.95 Å². The van der Waals surface area contributed by atoms with E-state index in [-0.39, 0.29) is 11.9 Å². The van der Waals surface area contributed by atoms with Crippen LogP contribution in [0.3, 0.4) is 0 Å². The number of benzene rings is 1. The summed E-state index contributed by atoms with van der Waals surface area (Å²) in [5.41, 5.74) is 0.638. The second-order valence-electron chi connectivity index (χ2n) is 4.15. The first-order valence-electron chi connectivity index (χ1n) is 5.74. The van der Waals surface area contributed by atoms with Gasteiger partial charge in [0.1, 0.15) is 5.82 Å². The summed E-state index contributed by atoms with van der Waals surface area (Å²) in [6, 6.07) is 5.45. The molecule has 4 nitrogen and oxygen atoms in total. The molecule has 2 N–H and O–H groups in total. The highest BCUT2D eigenvalue weighted by Crippen LogP contribution is 2.19. The normalized spacial score (nSPS) is 13.9. The topological polar surface area (TPSA) is 58.0 Å². The summed E-state index contributed by atoms with van der Waals surface area (Å²) in [6.45, 7) is 1.80. The van der Waals surface area contributed by atoms with Crippen molar-refractivity contribution in [1.82, 2.24) is 9.97 Å². The minimum Gasteiger partial charge on any atom is -0.386 e. The molecular weight excluding hydrogens is 313 g/mol. The third-order valence-electron chi connectivity index (χ3n) is 2.66. The van der Waals surface area contributed by atoms with Gasteiger partial charge >= 0.3 is 0 Å². The Balaban J connectivity index is 2.04. The van der Waals surface area contributed by atoms with Crippen molar-refractivity contribution in [1.29, 1.82) is 0 Å². The maximum absolute atomic E-state index is 12.8. The van der Waals surface area contributed by atoms with E-state index in [4.69, 9.17) is 0 Å². The third-order valence-corrected chi connectivity index (χ3v) is 3.07.